The minimum Gasteiger partial charge on any atom is -0.458 e. The van der Waals surface area contributed by atoms with Gasteiger partial charge in [0, 0.05) is 67.1 Å². The van der Waals surface area contributed by atoms with Gasteiger partial charge in [-0.3, -0.25) is 47.8 Å². The fourth-order valence-corrected chi connectivity index (χ4v) is 10.3. The Bertz CT molecular complexity index is 3070. The van der Waals surface area contributed by atoms with Gasteiger partial charge in [0.2, 0.25) is 30.4 Å². The molecule has 4 aliphatic heterocycles. The van der Waals surface area contributed by atoms with E-state index in [1.54, 1.807) is 39.0 Å². The van der Waals surface area contributed by atoms with Gasteiger partial charge in [0.1, 0.15) is 18.7 Å². The summed E-state index contributed by atoms with van der Waals surface area (Å²) in [7, 11) is 0. The number of ether oxygens (including phenoxy) is 11. The van der Waals surface area contributed by atoms with Crippen LogP contribution in [0.5, 0.6) is 11.5 Å². The molecule has 1 aromatic carbocycles. The number of imide groups is 1. The van der Waals surface area contributed by atoms with E-state index in [1.807, 2.05) is 6.07 Å². The molecule has 0 bridgehead atoms. The summed E-state index contributed by atoms with van der Waals surface area (Å²) in [4.78, 5) is 122. The van der Waals surface area contributed by atoms with Crippen molar-refractivity contribution in [1.82, 2.24) is 35.7 Å². The van der Waals surface area contributed by atoms with Crippen LogP contribution < -0.4 is 42.0 Å². The molecule has 29 heteroatoms. The smallest absolute Gasteiger partial charge is 0.343 e. The molecule has 6 heterocycles. The maximum absolute atomic E-state index is 14.4. The van der Waals surface area contributed by atoms with Gasteiger partial charge < -0.3 is 84.2 Å². The summed E-state index contributed by atoms with van der Waals surface area (Å²) < 4.78 is 62.1. The van der Waals surface area contributed by atoms with Gasteiger partial charge in [-0.25, -0.2) is 9.78 Å². The van der Waals surface area contributed by atoms with Gasteiger partial charge in [-0.2, -0.15) is 0 Å². The Morgan fingerprint density at radius 1 is 0.692 bits per heavy atom. The third-order valence-electron chi connectivity index (χ3n) is 15.3. The third kappa shape index (κ3) is 20.6. The predicted molar refractivity (Wildman–Crippen MR) is 323 cm³/mol. The van der Waals surface area contributed by atoms with Crippen LogP contribution in [0, 0.1) is 5.92 Å². The van der Waals surface area contributed by atoms with E-state index in [0.29, 0.717) is 151 Å². The number of aliphatic hydroxyl groups is 1. The second-order valence-corrected chi connectivity index (χ2v) is 22.1. The molecule has 1 unspecified atom stereocenters. The highest BCUT2D eigenvalue weighted by Crippen LogP contribution is 2.45. The molecule has 0 aliphatic carbocycles. The van der Waals surface area contributed by atoms with Crippen LogP contribution in [0.25, 0.3) is 22.3 Å². The molecular weight excluding hydrogens is 1190 g/mol. The molecule has 0 saturated carbocycles. The molecule has 500 valence electrons. The van der Waals surface area contributed by atoms with Crippen LogP contribution >= 0.6 is 0 Å². The highest BCUT2D eigenvalue weighted by molar-refractivity contribution is 6.13. The largest absolute Gasteiger partial charge is 0.458 e. The quantitative estimate of drug-likeness (QED) is 0.0255. The SMILES string of the molecule is CC[C@@]1(O)C(=O)OCc2c1cc1n(c2=O)C(CCC(=O)CNC(=O)[C@H](CCCCN)NC(=O)[C@@H](NC(=O)CCOCCOCCOCCOCCOCCOCCOCCOCCNC(=O)CCN2C(=O)C=CC2=O)C(C)C)c2cc3cc4c(cc3nc2-1)OCO4. The number of hydrogen-bond acceptors (Lipinski definition) is 23. The number of hydrogen-bond donors (Lipinski definition) is 6. The average molecular weight is 1280 g/mol. The highest BCUT2D eigenvalue weighted by Gasteiger charge is 2.46. The molecule has 4 aliphatic rings. The minimum atomic E-state index is -2.05. The second kappa shape index (κ2) is 36.7. The maximum atomic E-state index is 14.4. The Morgan fingerprint density at radius 3 is 1.86 bits per heavy atom. The van der Waals surface area contributed by atoms with Crippen LogP contribution in [0.2, 0.25) is 0 Å². The molecule has 4 atom stereocenters. The van der Waals surface area contributed by atoms with E-state index < -0.39 is 64.8 Å². The summed E-state index contributed by atoms with van der Waals surface area (Å²) in [5.41, 5.74) is 5.46. The molecule has 0 radical (unpaired) electrons. The molecule has 0 fully saturated rings. The van der Waals surface area contributed by atoms with E-state index in [2.05, 4.69) is 21.3 Å². The van der Waals surface area contributed by atoms with Gasteiger partial charge in [0.15, 0.2) is 22.9 Å². The van der Waals surface area contributed by atoms with Crippen molar-refractivity contribution in [3.8, 4) is 22.9 Å². The van der Waals surface area contributed by atoms with Crippen LogP contribution in [0.15, 0.2) is 41.2 Å². The van der Waals surface area contributed by atoms with Crippen molar-refractivity contribution < 1.29 is 95.6 Å². The minimum absolute atomic E-state index is 0.0242. The van der Waals surface area contributed by atoms with Crippen molar-refractivity contribution in [3.63, 3.8) is 0 Å². The Labute approximate surface area is 526 Å². The summed E-state index contributed by atoms with van der Waals surface area (Å²) in [6.07, 6.45) is 3.63. The third-order valence-corrected chi connectivity index (χ3v) is 15.3. The van der Waals surface area contributed by atoms with Gasteiger partial charge in [-0.05, 0) is 62.8 Å². The number of nitrogens with one attached hydrogen (secondary N) is 4. The van der Waals surface area contributed by atoms with Crippen molar-refractivity contribution in [2.45, 2.75) is 102 Å². The summed E-state index contributed by atoms with van der Waals surface area (Å²) >= 11 is 0. The number of nitrogens with two attached hydrogens (primary N) is 1. The number of fused-ring (bicyclic) bond motifs is 6. The number of carbonyl (C=O) groups excluding carboxylic acids is 8. The first-order valence-corrected chi connectivity index (χ1v) is 31.0. The van der Waals surface area contributed by atoms with Crippen molar-refractivity contribution >= 4 is 58.1 Å². The number of cyclic esters (lactones) is 1. The zero-order chi connectivity index (χ0) is 65.1. The topological polar surface area (TPSA) is 371 Å². The predicted octanol–water partition coefficient (Wildman–Crippen LogP) is 0.524. The molecule has 3 aromatic rings. The first-order chi connectivity index (χ1) is 44.0. The number of benzene rings is 1. The molecule has 0 saturated heterocycles. The van der Waals surface area contributed by atoms with Crippen molar-refractivity contribution in [1.29, 1.82) is 0 Å². The zero-order valence-corrected chi connectivity index (χ0v) is 52.0. The standard InChI is InChI=1S/C62H86N8O21/c1-4-62(80)45-35-49-57-43(33-41-34-50-51(91-39-90-50)36-47(41)66-57)48(70(49)60(78)44(45)38-89-61(62)79)9-8-42(71)37-65-58(76)46(7-5-6-14-63)67-59(77)56(40(2)3)68-53(73)13-17-81-19-21-83-23-25-85-27-29-87-31-32-88-30-28-86-26-24-84-22-20-82-18-15-64-52(72)12-16-69-54(74)10-11-55(69)75/h10-11,33-36,40,46,48,56,80H,4-9,12-32,37-39,63H2,1-3H3,(H,64,72)(H,65,76)(H,67,77)(H,68,73)/t46-,48?,56-,62-/m0/s1. The van der Waals surface area contributed by atoms with E-state index in [9.17, 15) is 48.3 Å². The normalized spacial score (nSPS) is 16.8. The van der Waals surface area contributed by atoms with Gasteiger partial charge in [0.25, 0.3) is 17.4 Å². The maximum Gasteiger partial charge on any atom is 0.343 e. The number of aromatic nitrogens is 2. The van der Waals surface area contributed by atoms with Crippen molar-refractivity contribution in [3.05, 3.63) is 63.5 Å². The Hall–Kier alpha value is -7.32. The van der Waals surface area contributed by atoms with Crippen LogP contribution in [0.4, 0.5) is 0 Å². The number of ketones is 1. The molecule has 7 rings (SSSR count). The number of nitrogens with zero attached hydrogens (tertiary/aromatic N) is 3. The summed E-state index contributed by atoms with van der Waals surface area (Å²) in [5, 5.41) is 23.1. The first-order valence-electron chi connectivity index (χ1n) is 31.0. The fourth-order valence-electron chi connectivity index (χ4n) is 10.3. The summed E-state index contributed by atoms with van der Waals surface area (Å²) in [6.45, 7) is 10.5. The van der Waals surface area contributed by atoms with Gasteiger partial charge in [0.05, 0.1) is 141 Å². The van der Waals surface area contributed by atoms with Crippen molar-refractivity contribution in [2.75, 3.05) is 139 Å². The lowest BCUT2D eigenvalue weighted by Crippen LogP contribution is -2.55. The molecule has 91 heavy (non-hydrogen) atoms. The molecule has 2 aromatic heterocycles. The molecule has 0 spiro atoms. The number of pyridine rings is 2. The number of amides is 6. The number of Topliss-reactive ketones (excluding diaryl/α,β-unsaturated/α-hetero) is 1. The number of carbonyl (C=O) groups is 8. The second-order valence-electron chi connectivity index (χ2n) is 22.1. The van der Waals surface area contributed by atoms with Crippen LogP contribution in [-0.4, -0.2) is 218 Å². The summed E-state index contributed by atoms with van der Waals surface area (Å²) in [5.74, 6) is -3.25. The Morgan fingerprint density at radius 2 is 1.27 bits per heavy atom. The lowest BCUT2D eigenvalue weighted by molar-refractivity contribution is -0.172. The van der Waals surface area contributed by atoms with Gasteiger partial charge >= 0.3 is 5.97 Å². The first kappa shape index (κ1) is 71.1. The lowest BCUT2D eigenvalue weighted by Gasteiger charge is -2.32. The fraction of sp³-hybridized carbons (Fsp3) is 0.613. The Kier molecular flexibility index (Phi) is 28.6. The molecule has 6 amide bonds. The van der Waals surface area contributed by atoms with E-state index in [1.165, 1.54) is 16.7 Å². The monoisotopic (exact) mass is 1280 g/mol. The van der Waals surface area contributed by atoms with E-state index in [0.717, 1.165) is 4.90 Å². The average Bonchev–Trinajstić information content (AvgIpc) is 1.60. The van der Waals surface area contributed by atoms with Crippen LogP contribution in [-0.2, 0) is 93.2 Å². The zero-order valence-electron chi connectivity index (χ0n) is 52.0. The van der Waals surface area contributed by atoms with E-state index in [4.69, 9.17) is 62.8 Å². The molecular formula is C62H86N8O21. The highest BCUT2D eigenvalue weighted by atomic mass is 16.7. The van der Waals surface area contributed by atoms with E-state index in [-0.39, 0.29) is 114 Å². The van der Waals surface area contributed by atoms with E-state index >= 15 is 0 Å². The molecule has 29 nitrogen and oxygen atoms in total. The summed E-state index contributed by atoms with van der Waals surface area (Å²) in [6, 6.07) is 4.26. The Balaban J connectivity index is 0.711. The number of unbranched alkanes of at least 4 members (excludes halogenated alkanes) is 1. The van der Waals surface area contributed by atoms with Crippen molar-refractivity contribution in [2.24, 2.45) is 11.7 Å². The van der Waals surface area contributed by atoms with Gasteiger partial charge in [-0.15, -0.1) is 0 Å². The van der Waals surface area contributed by atoms with Crippen LogP contribution in [0.3, 0.4) is 0 Å². The molecule has 7 N–H and O–H groups in total. The van der Waals surface area contributed by atoms with Gasteiger partial charge in [-0.1, -0.05) is 20.8 Å². The number of esters is 1. The van der Waals surface area contributed by atoms with Crippen LogP contribution in [0.1, 0.15) is 94.9 Å². The number of rotatable bonds is 45. The lowest BCUT2D eigenvalue weighted by atomic mass is 9.86.